The van der Waals surface area contributed by atoms with E-state index in [0.717, 1.165) is 12.1 Å². The lowest BCUT2D eigenvalue weighted by molar-refractivity contribution is 0.0696. The standard InChI is InChI=1S/C17H12O6.ClH/c1-22-11-4-2-9(3-5-11)14-8-12(17(20)21)16-13(19)6-10(18)7-15(16)23-14;/h2-8,19H,1H3,(H,20,21);1H. The predicted octanol–water partition coefficient (Wildman–Crippen LogP) is 3.25. The van der Waals surface area contributed by atoms with Crippen molar-refractivity contribution < 1.29 is 24.2 Å². The summed E-state index contributed by atoms with van der Waals surface area (Å²) in [6, 6.07) is 10.2. The number of aromatic hydroxyl groups is 1. The lowest BCUT2D eigenvalue weighted by Gasteiger charge is -2.12. The Labute approximate surface area is 142 Å². The molecule has 0 saturated carbocycles. The molecule has 0 saturated heterocycles. The molecule has 0 amide bonds. The number of benzene rings is 2. The maximum atomic E-state index is 11.5. The largest absolute Gasteiger partial charge is 0.507 e. The third-order valence-electron chi connectivity index (χ3n) is 3.42. The number of hydrogen-bond donors (Lipinski definition) is 2. The summed E-state index contributed by atoms with van der Waals surface area (Å²) in [5.41, 5.74) is -0.00288. The van der Waals surface area contributed by atoms with Gasteiger partial charge in [0.15, 0.2) is 5.43 Å². The van der Waals surface area contributed by atoms with Crippen molar-refractivity contribution in [2.75, 3.05) is 7.11 Å². The number of rotatable bonds is 3. The predicted molar refractivity (Wildman–Crippen MR) is 89.5 cm³/mol. The van der Waals surface area contributed by atoms with Gasteiger partial charge in [-0.3, -0.25) is 4.79 Å². The van der Waals surface area contributed by atoms with Crippen LogP contribution in [0.5, 0.6) is 11.5 Å². The first-order valence-corrected chi connectivity index (χ1v) is 6.68. The number of hydrogen-bond acceptors (Lipinski definition) is 5. The van der Waals surface area contributed by atoms with Crippen LogP contribution in [0.25, 0.3) is 22.6 Å². The van der Waals surface area contributed by atoms with Gasteiger partial charge in [-0.2, -0.15) is 0 Å². The minimum absolute atomic E-state index is 0. The molecule has 0 bridgehead atoms. The molecular weight excluding hydrogens is 336 g/mol. The minimum atomic E-state index is -1.23. The summed E-state index contributed by atoms with van der Waals surface area (Å²) in [4.78, 5) is 23.0. The Morgan fingerprint density at radius 2 is 1.75 bits per heavy atom. The third kappa shape index (κ3) is 3.04. The van der Waals surface area contributed by atoms with E-state index in [2.05, 4.69) is 0 Å². The van der Waals surface area contributed by atoms with Crippen LogP contribution in [0.4, 0.5) is 0 Å². The van der Waals surface area contributed by atoms with Crippen LogP contribution >= 0.6 is 12.4 Å². The van der Waals surface area contributed by atoms with E-state index in [1.54, 1.807) is 24.3 Å². The summed E-state index contributed by atoms with van der Waals surface area (Å²) in [6.45, 7) is 0. The second-order valence-corrected chi connectivity index (χ2v) is 4.87. The fraction of sp³-hybridized carbons (Fsp3) is 0.0588. The average Bonchev–Trinajstić information content (AvgIpc) is 2.53. The van der Waals surface area contributed by atoms with Gasteiger partial charge < -0.3 is 19.4 Å². The number of carbonyl (C=O) groups is 1. The van der Waals surface area contributed by atoms with Crippen LogP contribution in [-0.2, 0) is 0 Å². The Morgan fingerprint density at radius 3 is 2.33 bits per heavy atom. The first-order valence-electron chi connectivity index (χ1n) is 6.68. The minimum Gasteiger partial charge on any atom is -0.507 e. The summed E-state index contributed by atoms with van der Waals surface area (Å²) >= 11 is 0. The summed E-state index contributed by atoms with van der Waals surface area (Å²) in [7, 11) is 1.54. The van der Waals surface area contributed by atoms with Gasteiger partial charge in [0, 0.05) is 17.7 Å². The van der Waals surface area contributed by atoms with E-state index in [-0.39, 0.29) is 35.1 Å². The van der Waals surface area contributed by atoms with E-state index in [1.165, 1.54) is 13.2 Å². The Balaban J connectivity index is 0.00000208. The van der Waals surface area contributed by atoms with E-state index in [1.807, 2.05) is 0 Å². The maximum absolute atomic E-state index is 11.5. The normalized spacial score (nSPS) is 10.2. The van der Waals surface area contributed by atoms with Gasteiger partial charge in [0.2, 0.25) is 0 Å². The fourth-order valence-corrected chi connectivity index (χ4v) is 2.34. The zero-order valence-corrected chi connectivity index (χ0v) is 13.3. The SMILES string of the molecule is COc1ccc(-c2cc(C(=O)O)c3c(O)cc(=O)cc-3o2)cc1.Cl. The monoisotopic (exact) mass is 348 g/mol. The molecule has 1 aromatic rings. The molecule has 0 atom stereocenters. The molecule has 24 heavy (non-hydrogen) atoms. The van der Waals surface area contributed by atoms with Crippen LogP contribution in [0.3, 0.4) is 0 Å². The van der Waals surface area contributed by atoms with Gasteiger partial charge in [-0.15, -0.1) is 12.4 Å². The molecule has 0 radical (unpaired) electrons. The molecule has 2 aliphatic rings. The van der Waals surface area contributed by atoms with Crippen LogP contribution in [0.1, 0.15) is 10.4 Å². The molecule has 7 heteroatoms. The Morgan fingerprint density at radius 1 is 1.08 bits per heavy atom. The smallest absolute Gasteiger partial charge is 0.336 e. The highest BCUT2D eigenvalue weighted by Gasteiger charge is 2.22. The second kappa shape index (κ2) is 6.64. The number of halogens is 1. The lowest BCUT2D eigenvalue weighted by Crippen LogP contribution is -2.06. The molecule has 0 unspecified atom stereocenters. The highest BCUT2D eigenvalue weighted by Crippen LogP contribution is 2.37. The molecule has 6 nitrogen and oxygen atoms in total. The topological polar surface area (TPSA) is 97.0 Å². The Hall–Kier alpha value is -2.99. The maximum Gasteiger partial charge on any atom is 0.336 e. The number of fused-ring (bicyclic) bond motifs is 1. The van der Waals surface area contributed by atoms with Gasteiger partial charge in [-0.1, -0.05) is 0 Å². The number of aromatic carboxylic acids is 1. The van der Waals surface area contributed by atoms with E-state index >= 15 is 0 Å². The van der Waals surface area contributed by atoms with E-state index < -0.39 is 17.1 Å². The molecule has 0 spiro atoms. The van der Waals surface area contributed by atoms with Gasteiger partial charge in [0.05, 0.1) is 18.2 Å². The van der Waals surface area contributed by atoms with Crippen molar-refractivity contribution in [2.24, 2.45) is 0 Å². The van der Waals surface area contributed by atoms with Crippen molar-refractivity contribution in [1.82, 2.24) is 0 Å². The van der Waals surface area contributed by atoms with Crippen molar-refractivity contribution in [3.8, 4) is 34.1 Å². The Bertz CT molecular complexity index is 913. The molecular formula is C17H13ClO6. The van der Waals surface area contributed by atoms with Crippen molar-refractivity contribution in [1.29, 1.82) is 0 Å². The van der Waals surface area contributed by atoms with Crippen molar-refractivity contribution >= 4 is 18.4 Å². The molecule has 0 aromatic heterocycles. The summed E-state index contributed by atoms with van der Waals surface area (Å²) < 4.78 is 10.7. The molecule has 2 N–H and O–H groups in total. The first kappa shape index (κ1) is 17.4. The first-order chi connectivity index (χ1) is 11.0. The number of carboxylic acid groups (broad SMARTS) is 1. The summed E-state index contributed by atoms with van der Waals surface area (Å²) in [5.74, 6) is -0.722. The van der Waals surface area contributed by atoms with Crippen LogP contribution in [0.2, 0.25) is 0 Å². The summed E-state index contributed by atoms with van der Waals surface area (Å²) in [5, 5.41) is 19.3. The van der Waals surface area contributed by atoms with Crippen molar-refractivity contribution in [2.45, 2.75) is 0 Å². The van der Waals surface area contributed by atoms with Gasteiger partial charge >= 0.3 is 5.97 Å². The van der Waals surface area contributed by atoms with E-state index in [9.17, 15) is 19.8 Å². The van der Waals surface area contributed by atoms with Gasteiger partial charge in [0.25, 0.3) is 0 Å². The average molecular weight is 349 g/mol. The third-order valence-corrected chi connectivity index (χ3v) is 3.42. The lowest BCUT2D eigenvalue weighted by atomic mass is 10.0. The zero-order valence-electron chi connectivity index (χ0n) is 12.5. The number of phenols is 1. The molecule has 1 heterocycles. The van der Waals surface area contributed by atoms with E-state index in [4.69, 9.17) is 9.15 Å². The highest BCUT2D eigenvalue weighted by molar-refractivity contribution is 5.98. The van der Waals surface area contributed by atoms with Crippen molar-refractivity contribution in [3.05, 3.63) is 58.3 Å². The highest BCUT2D eigenvalue weighted by atomic mass is 35.5. The zero-order chi connectivity index (χ0) is 16.6. The van der Waals surface area contributed by atoms with Gasteiger partial charge in [-0.05, 0) is 30.3 Å². The van der Waals surface area contributed by atoms with Crippen molar-refractivity contribution in [3.63, 3.8) is 0 Å². The molecule has 124 valence electrons. The fourth-order valence-electron chi connectivity index (χ4n) is 2.34. The number of carboxylic acids is 1. The molecule has 1 aromatic carbocycles. The Kier molecular flexibility index (Phi) is 4.80. The van der Waals surface area contributed by atoms with E-state index in [0.29, 0.717) is 11.3 Å². The number of ether oxygens (including phenoxy) is 1. The summed E-state index contributed by atoms with van der Waals surface area (Å²) in [6.07, 6.45) is 0. The molecule has 3 rings (SSSR count). The number of methoxy groups -OCH3 is 1. The van der Waals surface area contributed by atoms with Crippen LogP contribution < -0.4 is 10.2 Å². The van der Waals surface area contributed by atoms with Gasteiger partial charge in [0.1, 0.15) is 23.0 Å². The second-order valence-electron chi connectivity index (χ2n) is 4.87. The quantitative estimate of drug-likeness (QED) is 0.754. The number of phenolic OH excluding ortho intramolecular Hbond substituents is 1. The van der Waals surface area contributed by atoms with Crippen LogP contribution in [-0.4, -0.2) is 23.3 Å². The van der Waals surface area contributed by atoms with Crippen LogP contribution in [0, 0.1) is 0 Å². The molecule has 1 aliphatic heterocycles. The molecule has 1 aliphatic carbocycles. The van der Waals surface area contributed by atoms with Crippen LogP contribution in [0.15, 0.2) is 51.7 Å². The molecule has 0 fully saturated rings. The van der Waals surface area contributed by atoms with Gasteiger partial charge in [-0.25, -0.2) is 4.79 Å².